The Bertz CT molecular complexity index is 1460. The summed E-state index contributed by atoms with van der Waals surface area (Å²) in [5.41, 5.74) is 2.15. The first-order valence-corrected chi connectivity index (χ1v) is 11.7. The summed E-state index contributed by atoms with van der Waals surface area (Å²) >= 11 is 0. The van der Waals surface area contributed by atoms with Crippen LogP contribution in [-0.2, 0) is 22.7 Å². The number of fused-ring (bicyclic) bond motifs is 1. The number of rotatable bonds is 7. The second-order valence-corrected chi connectivity index (χ2v) is 8.71. The smallest absolute Gasteiger partial charge is 0.345 e. The first kappa shape index (κ1) is 24.6. The Morgan fingerprint density at radius 2 is 1.92 bits per heavy atom. The van der Waals surface area contributed by atoms with Gasteiger partial charge in [0.1, 0.15) is 24.0 Å². The molecular formula is C28H23F2NO6. The number of furan rings is 1. The fourth-order valence-corrected chi connectivity index (χ4v) is 4.33. The lowest BCUT2D eigenvalue weighted by molar-refractivity contribution is -0.139. The van der Waals surface area contributed by atoms with Crippen LogP contribution in [0, 0.1) is 11.6 Å². The molecule has 2 heterocycles. The molecule has 1 aliphatic rings. The molecule has 7 nitrogen and oxygen atoms in total. The number of esters is 2. The lowest BCUT2D eigenvalue weighted by Gasteiger charge is -2.11. The highest BCUT2D eigenvalue weighted by Gasteiger charge is 2.26. The maximum Gasteiger partial charge on any atom is 0.345 e. The third-order valence-corrected chi connectivity index (χ3v) is 6.25. The Morgan fingerprint density at radius 3 is 2.65 bits per heavy atom. The van der Waals surface area contributed by atoms with Gasteiger partial charge in [-0.1, -0.05) is 24.3 Å². The number of nitrogens with one attached hydrogen (secondary N) is 1. The molecule has 1 aromatic heterocycles. The van der Waals surface area contributed by atoms with Gasteiger partial charge >= 0.3 is 11.9 Å². The average molecular weight is 507 g/mol. The van der Waals surface area contributed by atoms with Gasteiger partial charge in [0, 0.05) is 11.1 Å². The van der Waals surface area contributed by atoms with Crippen LogP contribution in [0.3, 0.4) is 0 Å². The molecule has 1 fully saturated rings. The molecule has 0 radical (unpaired) electrons. The summed E-state index contributed by atoms with van der Waals surface area (Å²) in [6.07, 6.45) is 2.71. The lowest BCUT2D eigenvalue weighted by atomic mass is 10.0. The van der Waals surface area contributed by atoms with Crippen LogP contribution in [0.1, 0.15) is 34.3 Å². The summed E-state index contributed by atoms with van der Waals surface area (Å²) in [5.74, 6) is -2.90. The van der Waals surface area contributed by atoms with Crippen molar-refractivity contribution in [1.29, 1.82) is 0 Å². The Balaban J connectivity index is 1.27. The van der Waals surface area contributed by atoms with Crippen molar-refractivity contribution in [2.24, 2.45) is 0 Å². The first-order chi connectivity index (χ1) is 17.9. The van der Waals surface area contributed by atoms with E-state index in [9.17, 15) is 23.5 Å². The molecule has 1 saturated heterocycles. The molecule has 3 aromatic carbocycles. The Hall–Kier alpha value is -4.08. The number of ether oxygens (including phenoxy) is 2. The number of hydrogen-bond acceptors (Lipinski definition) is 7. The molecular weight excluding hydrogens is 484 g/mol. The standard InChI is InChI=1S/C28H23F2NO6/c29-22-12-21(26-24(25(22)30)19(13-32)15-36-26)17-6-8-20(9-7-17)35-14-16-3-1-4-18(11-16)27(33)37-28(34)23-5-2-10-31-23/h1,3-4,6-9,11-12,15,23,31-32H,2,5,10,13-14H2/t23-/m0/s1. The largest absolute Gasteiger partial charge is 0.489 e. The third-order valence-electron chi connectivity index (χ3n) is 6.25. The van der Waals surface area contributed by atoms with Gasteiger partial charge < -0.3 is 24.3 Å². The first-order valence-electron chi connectivity index (χ1n) is 11.7. The van der Waals surface area contributed by atoms with Gasteiger partial charge in [0.25, 0.3) is 0 Å². The second kappa shape index (κ2) is 10.5. The van der Waals surface area contributed by atoms with Gasteiger partial charge in [0.05, 0.1) is 23.8 Å². The van der Waals surface area contributed by atoms with Gasteiger partial charge in [-0.05, 0) is 60.8 Å². The Kier molecular flexibility index (Phi) is 6.98. The van der Waals surface area contributed by atoms with E-state index in [-0.39, 0.29) is 28.7 Å². The Morgan fingerprint density at radius 1 is 1.11 bits per heavy atom. The zero-order chi connectivity index (χ0) is 25.9. The fraction of sp³-hybridized carbons (Fsp3) is 0.214. The maximum atomic E-state index is 14.3. The zero-order valence-electron chi connectivity index (χ0n) is 19.6. The minimum Gasteiger partial charge on any atom is -0.489 e. The molecule has 0 aliphatic carbocycles. The van der Waals surface area contributed by atoms with E-state index in [2.05, 4.69) is 5.32 Å². The number of halogens is 2. The van der Waals surface area contributed by atoms with Gasteiger partial charge in [-0.25, -0.2) is 18.4 Å². The number of carbonyl (C=O) groups excluding carboxylic acids is 2. The number of aliphatic hydroxyl groups excluding tert-OH is 1. The zero-order valence-corrected chi connectivity index (χ0v) is 19.6. The van der Waals surface area contributed by atoms with Crippen molar-refractivity contribution in [2.75, 3.05) is 6.54 Å². The number of carbonyl (C=O) groups is 2. The van der Waals surface area contributed by atoms with Crippen molar-refractivity contribution in [2.45, 2.75) is 32.1 Å². The number of benzene rings is 3. The molecule has 1 aliphatic heterocycles. The quantitative estimate of drug-likeness (QED) is 0.272. The molecule has 0 spiro atoms. The predicted molar refractivity (Wildman–Crippen MR) is 130 cm³/mol. The van der Waals surface area contributed by atoms with Crippen LogP contribution >= 0.6 is 0 Å². The number of hydrogen-bond donors (Lipinski definition) is 2. The van der Waals surface area contributed by atoms with E-state index in [0.717, 1.165) is 19.0 Å². The van der Waals surface area contributed by atoms with E-state index in [1.54, 1.807) is 48.5 Å². The van der Waals surface area contributed by atoms with E-state index < -0.39 is 36.2 Å². The molecule has 5 rings (SSSR count). The molecule has 4 aromatic rings. The molecule has 9 heteroatoms. The molecule has 37 heavy (non-hydrogen) atoms. The van der Waals surface area contributed by atoms with Crippen LogP contribution in [-0.4, -0.2) is 29.6 Å². The number of aliphatic hydroxyl groups is 1. The normalized spacial score (nSPS) is 15.2. The summed E-state index contributed by atoms with van der Waals surface area (Å²) in [5, 5.41) is 12.3. The van der Waals surface area contributed by atoms with Crippen molar-refractivity contribution in [3.8, 4) is 16.9 Å². The van der Waals surface area contributed by atoms with E-state index in [1.165, 1.54) is 6.26 Å². The minimum atomic E-state index is -1.07. The van der Waals surface area contributed by atoms with E-state index >= 15 is 0 Å². The van der Waals surface area contributed by atoms with Crippen molar-refractivity contribution >= 4 is 22.9 Å². The van der Waals surface area contributed by atoms with E-state index in [1.807, 2.05) is 0 Å². The molecule has 1 atom stereocenters. The van der Waals surface area contributed by atoms with Crippen molar-refractivity contribution in [3.05, 3.63) is 89.2 Å². The van der Waals surface area contributed by atoms with Gasteiger partial charge in [-0.3, -0.25) is 0 Å². The Labute approximate surface area is 210 Å². The van der Waals surface area contributed by atoms with Crippen molar-refractivity contribution < 1.29 is 37.4 Å². The predicted octanol–water partition coefficient (Wildman–Crippen LogP) is 4.88. The van der Waals surface area contributed by atoms with Crippen molar-refractivity contribution in [3.63, 3.8) is 0 Å². The van der Waals surface area contributed by atoms with E-state index in [0.29, 0.717) is 28.9 Å². The summed E-state index contributed by atoms with van der Waals surface area (Å²) in [7, 11) is 0. The van der Waals surface area contributed by atoms with Gasteiger partial charge in [-0.2, -0.15) is 0 Å². The van der Waals surface area contributed by atoms with Crippen LogP contribution in [0.15, 0.2) is 65.3 Å². The molecule has 190 valence electrons. The highest BCUT2D eigenvalue weighted by Crippen LogP contribution is 2.36. The summed E-state index contributed by atoms with van der Waals surface area (Å²) in [6, 6.07) is 13.9. The fourth-order valence-electron chi connectivity index (χ4n) is 4.33. The molecule has 0 bridgehead atoms. The maximum absolute atomic E-state index is 14.3. The van der Waals surface area contributed by atoms with Crippen LogP contribution < -0.4 is 10.1 Å². The van der Waals surface area contributed by atoms with Gasteiger partial charge in [-0.15, -0.1) is 0 Å². The molecule has 2 N–H and O–H groups in total. The summed E-state index contributed by atoms with van der Waals surface area (Å²) in [6.45, 7) is 0.388. The molecule has 0 unspecified atom stereocenters. The SMILES string of the molecule is O=C(OC(=O)[C@@H]1CCCN1)c1cccc(COc2ccc(-c3cc(F)c(F)c4c(CO)coc34)cc2)c1. The van der Waals surface area contributed by atoms with Crippen LogP contribution in [0.5, 0.6) is 5.75 Å². The van der Waals surface area contributed by atoms with Crippen molar-refractivity contribution in [1.82, 2.24) is 5.32 Å². The van der Waals surface area contributed by atoms with Crippen LogP contribution in [0.2, 0.25) is 0 Å². The summed E-state index contributed by atoms with van der Waals surface area (Å²) in [4.78, 5) is 24.5. The highest BCUT2D eigenvalue weighted by atomic mass is 19.2. The van der Waals surface area contributed by atoms with Crippen LogP contribution in [0.4, 0.5) is 8.78 Å². The van der Waals surface area contributed by atoms with E-state index in [4.69, 9.17) is 13.9 Å². The van der Waals surface area contributed by atoms with Gasteiger partial charge in [0.15, 0.2) is 11.6 Å². The lowest BCUT2D eigenvalue weighted by Crippen LogP contribution is -2.33. The summed E-state index contributed by atoms with van der Waals surface area (Å²) < 4.78 is 44.8. The topological polar surface area (TPSA) is 98.0 Å². The molecule has 0 saturated carbocycles. The second-order valence-electron chi connectivity index (χ2n) is 8.71. The monoisotopic (exact) mass is 507 g/mol. The minimum absolute atomic E-state index is 0.0857. The molecule has 0 amide bonds. The average Bonchev–Trinajstić information content (AvgIpc) is 3.61. The van der Waals surface area contributed by atoms with Crippen LogP contribution in [0.25, 0.3) is 22.1 Å². The highest BCUT2D eigenvalue weighted by molar-refractivity contribution is 5.98. The third kappa shape index (κ3) is 5.09. The van der Waals surface area contributed by atoms with Gasteiger partial charge in [0.2, 0.25) is 0 Å².